The smallest absolute Gasteiger partial charge is 0.303 e. The van der Waals surface area contributed by atoms with Gasteiger partial charge in [0.2, 0.25) is 5.91 Å². The van der Waals surface area contributed by atoms with Gasteiger partial charge in [-0.25, -0.2) is 10.4 Å². The van der Waals surface area contributed by atoms with Crippen molar-refractivity contribution in [1.82, 2.24) is 5.48 Å². The van der Waals surface area contributed by atoms with Crippen molar-refractivity contribution in [2.24, 2.45) is 0 Å². The lowest BCUT2D eigenvalue weighted by molar-refractivity contribution is -0.329. The van der Waals surface area contributed by atoms with E-state index >= 15 is 0 Å². The molecule has 0 aromatic heterocycles. The third-order valence-electron chi connectivity index (χ3n) is 2.36. The van der Waals surface area contributed by atoms with Crippen LogP contribution in [-0.4, -0.2) is 23.6 Å². The third-order valence-corrected chi connectivity index (χ3v) is 2.36. The van der Waals surface area contributed by atoms with E-state index in [4.69, 9.17) is 9.99 Å². The van der Waals surface area contributed by atoms with E-state index in [0.717, 1.165) is 12.8 Å². The van der Waals surface area contributed by atoms with Crippen molar-refractivity contribution in [3.8, 4) is 0 Å². The monoisotopic (exact) mass is 261 g/mol. The van der Waals surface area contributed by atoms with Crippen LogP contribution in [0.1, 0.15) is 58.3 Å². The van der Waals surface area contributed by atoms with Crippen LogP contribution >= 0.6 is 0 Å². The highest BCUT2D eigenvalue weighted by molar-refractivity contribution is 5.79. The molecule has 0 aromatic rings. The van der Waals surface area contributed by atoms with E-state index < -0.39 is 11.9 Å². The molecule has 0 aliphatic heterocycles. The topological polar surface area (TPSA) is 84.9 Å². The van der Waals surface area contributed by atoms with Crippen LogP contribution in [0.2, 0.25) is 0 Å². The van der Waals surface area contributed by atoms with Gasteiger partial charge in [-0.05, 0) is 6.42 Å². The molecule has 0 atom stereocenters. The number of amides is 1. The fourth-order valence-electron chi connectivity index (χ4n) is 1.33. The second kappa shape index (κ2) is 12.3. The molecule has 0 radical (unpaired) electrons. The maximum absolute atomic E-state index is 11.0. The zero-order chi connectivity index (χ0) is 13.6. The molecule has 1 amide bonds. The summed E-state index contributed by atoms with van der Waals surface area (Å²) >= 11 is 0. The number of unbranched alkanes of at least 4 members (excludes halogenated alkanes) is 5. The summed E-state index contributed by atoms with van der Waals surface area (Å²) < 4.78 is 0. The molecule has 0 fully saturated rings. The Hall–Kier alpha value is -1.14. The number of carbonyl (C=O) groups excluding carboxylic acids is 1. The summed E-state index contributed by atoms with van der Waals surface area (Å²) in [5.74, 6) is -1.52. The van der Waals surface area contributed by atoms with Gasteiger partial charge >= 0.3 is 5.97 Å². The number of hydroxylamine groups is 1. The first-order chi connectivity index (χ1) is 8.66. The maximum atomic E-state index is 11.0. The summed E-state index contributed by atoms with van der Waals surface area (Å²) in [6.45, 7) is 2.59. The Kier molecular flexibility index (Phi) is 11.5. The molecule has 0 aliphatic carbocycles. The van der Waals surface area contributed by atoms with Gasteiger partial charge in [0, 0.05) is 6.42 Å². The quantitative estimate of drug-likeness (QED) is 0.319. The van der Waals surface area contributed by atoms with Crippen molar-refractivity contribution < 1.29 is 24.6 Å². The largest absolute Gasteiger partial charge is 0.481 e. The number of nitrogens with one attached hydrogen (secondary N) is 1. The van der Waals surface area contributed by atoms with Crippen LogP contribution in [0, 0.1) is 0 Å². The van der Waals surface area contributed by atoms with Crippen LogP contribution in [-0.2, 0) is 19.5 Å². The lowest BCUT2D eigenvalue weighted by Crippen LogP contribution is -2.24. The minimum absolute atomic E-state index is 0.115. The average Bonchev–Trinajstić information content (AvgIpc) is 2.34. The Morgan fingerprint density at radius 1 is 1.06 bits per heavy atom. The second-order valence-electron chi connectivity index (χ2n) is 4.09. The van der Waals surface area contributed by atoms with Gasteiger partial charge in [0.05, 0.1) is 13.0 Å². The van der Waals surface area contributed by atoms with E-state index in [1.54, 1.807) is 0 Å². The van der Waals surface area contributed by atoms with Crippen molar-refractivity contribution in [2.75, 3.05) is 6.61 Å². The Morgan fingerprint density at radius 3 is 2.39 bits per heavy atom. The minimum Gasteiger partial charge on any atom is -0.481 e. The van der Waals surface area contributed by atoms with Crippen molar-refractivity contribution >= 4 is 11.9 Å². The molecular weight excluding hydrogens is 238 g/mol. The van der Waals surface area contributed by atoms with Crippen molar-refractivity contribution in [3.05, 3.63) is 0 Å². The molecule has 0 saturated heterocycles. The molecule has 2 N–H and O–H groups in total. The van der Waals surface area contributed by atoms with Crippen LogP contribution in [0.4, 0.5) is 0 Å². The lowest BCUT2D eigenvalue weighted by Gasteiger charge is -2.04. The van der Waals surface area contributed by atoms with E-state index in [2.05, 4.69) is 11.9 Å². The van der Waals surface area contributed by atoms with Crippen LogP contribution in [0.5, 0.6) is 0 Å². The van der Waals surface area contributed by atoms with Crippen LogP contribution in [0.25, 0.3) is 0 Å². The average molecular weight is 261 g/mol. The van der Waals surface area contributed by atoms with Crippen molar-refractivity contribution in [1.29, 1.82) is 0 Å². The first-order valence-corrected chi connectivity index (χ1v) is 6.46. The Morgan fingerprint density at radius 2 is 1.72 bits per heavy atom. The first kappa shape index (κ1) is 16.9. The third kappa shape index (κ3) is 12.9. The van der Waals surface area contributed by atoms with Gasteiger partial charge in [-0.2, -0.15) is 0 Å². The minimum atomic E-state index is -1.02. The maximum Gasteiger partial charge on any atom is 0.303 e. The van der Waals surface area contributed by atoms with Gasteiger partial charge < -0.3 is 5.11 Å². The molecule has 0 heterocycles. The van der Waals surface area contributed by atoms with Crippen molar-refractivity contribution in [3.63, 3.8) is 0 Å². The van der Waals surface area contributed by atoms with Gasteiger partial charge in [0.15, 0.2) is 0 Å². The van der Waals surface area contributed by atoms with E-state index in [9.17, 15) is 9.59 Å². The molecule has 0 unspecified atom stereocenters. The summed E-state index contributed by atoms with van der Waals surface area (Å²) in [5.41, 5.74) is 2.02. The highest BCUT2D eigenvalue weighted by Crippen LogP contribution is 2.04. The van der Waals surface area contributed by atoms with Crippen LogP contribution < -0.4 is 5.48 Å². The summed E-state index contributed by atoms with van der Waals surface area (Å²) in [6.07, 6.45) is 6.54. The van der Waals surface area contributed by atoms with Crippen LogP contribution in [0.3, 0.4) is 0 Å². The molecular formula is C12H23NO5. The molecule has 0 spiro atoms. The van der Waals surface area contributed by atoms with Crippen molar-refractivity contribution in [2.45, 2.75) is 58.3 Å². The molecule has 0 saturated carbocycles. The SMILES string of the molecule is CCCCCCCCOONC(=O)CCC(=O)O. The molecule has 0 aromatic carbocycles. The molecule has 0 aliphatic rings. The highest BCUT2D eigenvalue weighted by atomic mass is 17.3. The highest BCUT2D eigenvalue weighted by Gasteiger charge is 2.04. The predicted molar refractivity (Wildman–Crippen MR) is 65.4 cm³/mol. The normalized spacial score (nSPS) is 10.3. The van der Waals surface area contributed by atoms with E-state index in [0.29, 0.717) is 6.61 Å². The number of hydrogen-bond donors (Lipinski definition) is 2. The Labute approximate surface area is 108 Å². The zero-order valence-corrected chi connectivity index (χ0v) is 10.9. The van der Waals surface area contributed by atoms with Gasteiger partial charge in [0.1, 0.15) is 0 Å². The van der Waals surface area contributed by atoms with E-state index in [-0.39, 0.29) is 12.8 Å². The molecule has 18 heavy (non-hydrogen) atoms. The summed E-state index contributed by atoms with van der Waals surface area (Å²) in [7, 11) is 0. The summed E-state index contributed by atoms with van der Waals surface area (Å²) in [4.78, 5) is 30.4. The molecule has 106 valence electrons. The first-order valence-electron chi connectivity index (χ1n) is 6.46. The summed E-state index contributed by atoms with van der Waals surface area (Å²) in [6, 6.07) is 0. The number of carboxylic acid groups (broad SMARTS) is 1. The van der Waals surface area contributed by atoms with Gasteiger partial charge in [-0.1, -0.05) is 39.0 Å². The second-order valence-corrected chi connectivity index (χ2v) is 4.09. The number of hydrogen-bond acceptors (Lipinski definition) is 4. The van der Waals surface area contributed by atoms with Gasteiger partial charge in [0.25, 0.3) is 0 Å². The fourth-order valence-corrected chi connectivity index (χ4v) is 1.33. The molecule has 0 rings (SSSR count). The molecule has 0 bridgehead atoms. The Bertz CT molecular complexity index is 233. The number of carboxylic acids is 1. The number of carbonyl (C=O) groups is 2. The standard InChI is InChI=1S/C12H23NO5/c1-2-3-4-5-6-7-10-17-18-13-11(14)8-9-12(15)16/h2-10H2,1H3,(H,13,14)(H,15,16). The molecule has 6 nitrogen and oxygen atoms in total. The zero-order valence-electron chi connectivity index (χ0n) is 10.9. The fraction of sp³-hybridized carbons (Fsp3) is 0.833. The van der Waals surface area contributed by atoms with Gasteiger partial charge in [-0.3, -0.25) is 9.59 Å². The van der Waals surface area contributed by atoms with E-state index in [1.165, 1.54) is 25.7 Å². The molecule has 6 heteroatoms. The predicted octanol–water partition coefficient (Wildman–Crippen LogP) is 2.19. The lowest BCUT2D eigenvalue weighted by atomic mass is 10.1. The number of aliphatic carboxylic acids is 1. The Balaban J connectivity index is 3.15. The van der Waals surface area contributed by atoms with Crippen LogP contribution in [0.15, 0.2) is 0 Å². The number of rotatable bonds is 12. The van der Waals surface area contributed by atoms with Gasteiger partial charge in [-0.15, -0.1) is 4.99 Å². The summed E-state index contributed by atoms with van der Waals surface area (Å²) in [5, 5.41) is 8.34. The van der Waals surface area contributed by atoms with E-state index in [1.807, 2.05) is 5.48 Å².